The van der Waals surface area contributed by atoms with E-state index in [1.54, 1.807) is 0 Å². The van der Waals surface area contributed by atoms with Gasteiger partial charge in [-0.25, -0.2) is 4.79 Å². The zero-order valence-electron chi connectivity index (χ0n) is 17.6. The fourth-order valence-electron chi connectivity index (χ4n) is 3.87. The van der Waals surface area contributed by atoms with Crippen molar-refractivity contribution in [1.29, 1.82) is 0 Å². The summed E-state index contributed by atoms with van der Waals surface area (Å²) in [5, 5.41) is 14.5. The molecule has 0 aromatic rings. The molecule has 1 heterocycles. The van der Waals surface area contributed by atoms with Crippen LogP contribution in [0.2, 0.25) is 0 Å². The van der Waals surface area contributed by atoms with Crippen molar-refractivity contribution in [3.63, 3.8) is 0 Å². The Morgan fingerprint density at radius 1 is 1.11 bits per heavy atom. The van der Waals surface area contributed by atoms with Crippen molar-refractivity contribution in [3.8, 4) is 12.8 Å². The molecule has 4 nitrogen and oxygen atoms in total. The molecule has 154 valence electrons. The molecular weight excluding hydrogens is 338 g/mol. The van der Waals surface area contributed by atoms with E-state index in [0.717, 1.165) is 38.6 Å². The van der Waals surface area contributed by atoms with Crippen LogP contribution in [-0.2, 0) is 9.53 Å². The van der Waals surface area contributed by atoms with Gasteiger partial charge in [0.05, 0.1) is 0 Å². The molecule has 3 unspecified atom stereocenters. The zero-order valence-corrected chi connectivity index (χ0v) is 17.6. The lowest BCUT2D eigenvalue weighted by molar-refractivity contribution is -0.182. The van der Waals surface area contributed by atoms with Crippen molar-refractivity contribution in [1.82, 2.24) is 5.32 Å². The highest BCUT2D eigenvalue weighted by Crippen LogP contribution is 2.42. The van der Waals surface area contributed by atoms with Crippen LogP contribution in [-0.4, -0.2) is 35.9 Å². The second-order valence-electron chi connectivity index (χ2n) is 6.48. The van der Waals surface area contributed by atoms with Gasteiger partial charge in [0, 0.05) is 12.5 Å². The predicted molar refractivity (Wildman–Crippen MR) is 113 cm³/mol. The molecule has 0 aromatic carbocycles. The first-order chi connectivity index (χ1) is 13.2. The van der Waals surface area contributed by atoms with E-state index in [-0.39, 0.29) is 17.9 Å². The minimum atomic E-state index is -1.36. The van der Waals surface area contributed by atoms with Gasteiger partial charge >= 0.3 is 5.97 Å². The second-order valence-corrected chi connectivity index (χ2v) is 6.48. The van der Waals surface area contributed by atoms with Crippen molar-refractivity contribution in [2.24, 2.45) is 11.8 Å². The van der Waals surface area contributed by atoms with Crippen molar-refractivity contribution in [3.05, 3.63) is 24.3 Å². The van der Waals surface area contributed by atoms with Gasteiger partial charge in [-0.2, -0.15) is 0 Å². The maximum atomic E-state index is 12.7. The molecular formula is C23H39NO3. The first-order valence-corrected chi connectivity index (χ1v) is 10.5. The van der Waals surface area contributed by atoms with E-state index in [9.17, 15) is 9.90 Å². The Morgan fingerprint density at radius 2 is 1.74 bits per heavy atom. The number of carbonyl (C=O) groups is 1. The average molecular weight is 378 g/mol. The van der Waals surface area contributed by atoms with Crippen LogP contribution in [0.25, 0.3) is 0 Å². The summed E-state index contributed by atoms with van der Waals surface area (Å²) in [6.07, 6.45) is 21.4. The maximum absolute atomic E-state index is 12.7. The van der Waals surface area contributed by atoms with Gasteiger partial charge in [0.2, 0.25) is 0 Å². The minimum absolute atomic E-state index is 0.0283. The topological polar surface area (TPSA) is 58.6 Å². The van der Waals surface area contributed by atoms with E-state index in [2.05, 4.69) is 18.2 Å². The molecule has 3 rings (SSSR count). The first-order valence-electron chi connectivity index (χ1n) is 10.5. The van der Waals surface area contributed by atoms with E-state index in [0.29, 0.717) is 13.0 Å². The van der Waals surface area contributed by atoms with Crippen molar-refractivity contribution < 1.29 is 14.6 Å². The number of rotatable bonds is 4. The molecule has 1 saturated heterocycles. The normalized spacial score (nSPS) is 25.6. The molecule has 2 aliphatic carbocycles. The number of ether oxygens (including phenoxy) is 1. The molecule has 0 spiro atoms. The Hall–Kier alpha value is -1.57. The van der Waals surface area contributed by atoms with Gasteiger partial charge in [-0.3, -0.25) is 0 Å². The molecule has 27 heavy (non-hydrogen) atoms. The molecule has 3 aliphatic rings. The smallest absolute Gasteiger partial charge is 0.339 e. The Balaban J connectivity index is 0.00000103. The van der Waals surface area contributed by atoms with E-state index in [1.165, 1.54) is 0 Å². The maximum Gasteiger partial charge on any atom is 0.339 e. The SMILES string of the molecule is C#C.CC.CC.O=C(OC1CCNC1)C(O)(C1C=CC=CC1)C1CCCC1. The Morgan fingerprint density at radius 3 is 2.22 bits per heavy atom. The van der Waals surface area contributed by atoms with Crippen LogP contribution in [0.4, 0.5) is 0 Å². The molecule has 1 aliphatic heterocycles. The number of terminal acetylenes is 1. The standard InChI is InChI=1S/C17H25NO3.2C2H6.C2H2/c19-16(21-15-10-11-18-12-15)17(20,14-8-4-5-9-14)13-6-2-1-3-7-13;3*1-2/h1-3,6,13-15,18,20H,4-5,7-12H2;2*1-2H3;1-2H. The minimum Gasteiger partial charge on any atom is -0.459 e. The fourth-order valence-corrected chi connectivity index (χ4v) is 3.87. The van der Waals surface area contributed by atoms with Crippen LogP contribution in [0.15, 0.2) is 24.3 Å². The van der Waals surface area contributed by atoms with Crippen LogP contribution in [0.3, 0.4) is 0 Å². The van der Waals surface area contributed by atoms with Crippen LogP contribution < -0.4 is 5.32 Å². The van der Waals surface area contributed by atoms with Crippen LogP contribution in [0.5, 0.6) is 0 Å². The largest absolute Gasteiger partial charge is 0.459 e. The molecule has 0 bridgehead atoms. The van der Waals surface area contributed by atoms with E-state index >= 15 is 0 Å². The number of hydrogen-bond acceptors (Lipinski definition) is 4. The monoisotopic (exact) mass is 377 g/mol. The van der Waals surface area contributed by atoms with Gasteiger partial charge in [-0.05, 0) is 38.1 Å². The third-order valence-corrected chi connectivity index (χ3v) is 5.14. The third-order valence-electron chi connectivity index (χ3n) is 5.14. The first kappa shape index (κ1) is 25.4. The predicted octanol–water partition coefficient (Wildman–Crippen LogP) is 4.25. The second kappa shape index (κ2) is 14.5. The summed E-state index contributed by atoms with van der Waals surface area (Å²) in [4.78, 5) is 12.7. The number of allylic oxidation sites excluding steroid dienone is 3. The van der Waals surface area contributed by atoms with Gasteiger partial charge in [-0.1, -0.05) is 64.8 Å². The highest BCUT2D eigenvalue weighted by Gasteiger charge is 2.51. The zero-order chi connectivity index (χ0) is 20.7. The average Bonchev–Trinajstić information content (AvgIpc) is 3.47. The number of carbonyl (C=O) groups excluding carboxylic acids is 1. The molecule has 1 saturated carbocycles. The molecule has 2 N–H and O–H groups in total. The summed E-state index contributed by atoms with van der Waals surface area (Å²) in [7, 11) is 0. The number of hydrogen-bond donors (Lipinski definition) is 2. The van der Waals surface area contributed by atoms with Crippen LogP contribution in [0, 0.1) is 24.7 Å². The lowest BCUT2D eigenvalue weighted by atomic mass is 9.73. The Labute approximate surface area is 166 Å². The van der Waals surface area contributed by atoms with Gasteiger partial charge in [0.1, 0.15) is 6.10 Å². The lowest BCUT2D eigenvalue weighted by Gasteiger charge is -2.38. The highest BCUT2D eigenvalue weighted by atomic mass is 16.6. The summed E-state index contributed by atoms with van der Waals surface area (Å²) in [6.45, 7) is 9.58. The van der Waals surface area contributed by atoms with Crippen LogP contribution >= 0.6 is 0 Å². The molecule has 3 atom stereocenters. The van der Waals surface area contributed by atoms with E-state index in [1.807, 2.05) is 52.0 Å². The Kier molecular flexibility index (Phi) is 13.6. The lowest BCUT2D eigenvalue weighted by Crippen LogP contribution is -2.53. The molecule has 4 heteroatoms. The van der Waals surface area contributed by atoms with Crippen molar-refractivity contribution >= 4 is 5.97 Å². The number of aliphatic hydroxyl groups is 1. The Bertz CT molecular complexity index is 471. The molecule has 0 radical (unpaired) electrons. The summed E-state index contributed by atoms with van der Waals surface area (Å²) >= 11 is 0. The fraction of sp³-hybridized carbons (Fsp3) is 0.696. The number of nitrogens with one attached hydrogen (secondary N) is 1. The van der Waals surface area contributed by atoms with Gasteiger partial charge in [0.25, 0.3) is 0 Å². The summed E-state index contributed by atoms with van der Waals surface area (Å²) in [6, 6.07) is 0. The summed E-state index contributed by atoms with van der Waals surface area (Å²) in [5.41, 5.74) is -1.36. The highest BCUT2D eigenvalue weighted by molar-refractivity contribution is 5.81. The molecule has 0 aromatic heterocycles. The summed E-state index contributed by atoms with van der Waals surface area (Å²) in [5.74, 6) is -0.541. The van der Waals surface area contributed by atoms with E-state index < -0.39 is 11.6 Å². The van der Waals surface area contributed by atoms with E-state index in [4.69, 9.17) is 4.74 Å². The quantitative estimate of drug-likeness (QED) is 0.568. The molecule has 2 fully saturated rings. The third kappa shape index (κ3) is 6.83. The molecule has 0 amide bonds. The number of esters is 1. The van der Waals surface area contributed by atoms with Crippen molar-refractivity contribution in [2.45, 2.75) is 77.9 Å². The van der Waals surface area contributed by atoms with Gasteiger partial charge in [-0.15, -0.1) is 12.8 Å². The van der Waals surface area contributed by atoms with Crippen LogP contribution in [0.1, 0.15) is 66.2 Å². The summed E-state index contributed by atoms with van der Waals surface area (Å²) < 4.78 is 5.63. The van der Waals surface area contributed by atoms with Crippen molar-refractivity contribution in [2.75, 3.05) is 13.1 Å². The van der Waals surface area contributed by atoms with Gasteiger partial charge < -0.3 is 15.2 Å². The van der Waals surface area contributed by atoms with Gasteiger partial charge in [0.15, 0.2) is 5.60 Å².